The second-order valence-electron chi connectivity index (χ2n) is 7.17. The van der Waals surface area contributed by atoms with Crippen molar-refractivity contribution in [1.82, 2.24) is 14.8 Å². The number of halogens is 2. The van der Waals surface area contributed by atoms with Crippen LogP contribution in [-0.4, -0.2) is 47.3 Å². The first kappa shape index (κ1) is 20.0. The zero-order valence-electron chi connectivity index (χ0n) is 16.3. The standard InChI is InChI=1S/C20H19F2N3O5/c1-10-9-30-15-8-24-7-13(17(26)18(29-2)16(24)20(28)25(10)15)19(27)23-6-11-3-4-12(21)5-14(11)22/h3-5,7,10,15H,6,8-9H2,1-2H3,(H,23,27)/t10?,15-/m1/s1. The zero-order valence-corrected chi connectivity index (χ0v) is 16.3. The number of methoxy groups -OCH3 is 1. The first-order valence-electron chi connectivity index (χ1n) is 9.29. The van der Waals surface area contributed by atoms with Crippen LogP contribution in [-0.2, 0) is 17.8 Å². The molecule has 1 saturated heterocycles. The highest BCUT2D eigenvalue weighted by Gasteiger charge is 2.43. The van der Waals surface area contributed by atoms with Gasteiger partial charge in [-0.25, -0.2) is 8.78 Å². The predicted molar refractivity (Wildman–Crippen MR) is 100 cm³/mol. The number of amides is 2. The van der Waals surface area contributed by atoms with Gasteiger partial charge >= 0.3 is 0 Å². The second kappa shape index (κ2) is 7.52. The minimum atomic E-state index is -0.812. The number of hydrogen-bond donors (Lipinski definition) is 1. The minimum absolute atomic E-state index is 0.0530. The highest BCUT2D eigenvalue weighted by molar-refractivity contribution is 5.99. The first-order valence-corrected chi connectivity index (χ1v) is 9.29. The van der Waals surface area contributed by atoms with Crippen LogP contribution >= 0.6 is 0 Å². The molecule has 158 valence electrons. The molecule has 0 spiro atoms. The van der Waals surface area contributed by atoms with Crippen molar-refractivity contribution in [3.63, 3.8) is 0 Å². The highest BCUT2D eigenvalue weighted by atomic mass is 19.1. The third kappa shape index (κ3) is 3.22. The molecule has 2 aliphatic rings. The van der Waals surface area contributed by atoms with E-state index in [4.69, 9.17) is 9.47 Å². The van der Waals surface area contributed by atoms with Gasteiger partial charge in [-0.15, -0.1) is 0 Å². The maximum absolute atomic E-state index is 13.8. The Bertz CT molecular complexity index is 1100. The van der Waals surface area contributed by atoms with Crippen molar-refractivity contribution in [2.75, 3.05) is 13.7 Å². The van der Waals surface area contributed by atoms with Crippen LogP contribution < -0.4 is 15.5 Å². The summed E-state index contributed by atoms with van der Waals surface area (Å²) in [5.74, 6) is -2.97. The highest BCUT2D eigenvalue weighted by Crippen LogP contribution is 2.29. The average Bonchev–Trinajstić information content (AvgIpc) is 3.08. The van der Waals surface area contributed by atoms with Gasteiger partial charge in [0.15, 0.2) is 17.7 Å². The Kier molecular flexibility index (Phi) is 5.02. The van der Waals surface area contributed by atoms with Gasteiger partial charge in [0.1, 0.15) is 17.2 Å². The van der Waals surface area contributed by atoms with Crippen molar-refractivity contribution >= 4 is 11.8 Å². The number of aromatic nitrogens is 1. The molecular weight excluding hydrogens is 400 g/mol. The summed E-state index contributed by atoms with van der Waals surface area (Å²) in [4.78, 5) is 39.9. The summed E-state index contributed by atoms with van der Waals surface area (Å²) in [6.45, 7) is 2.20. The summed E-state index contributed by atoms with van der Waals surface area (Å²) in [7, 11) is 1.25. The molecule has 0 bridgehead atoms. The normalized spacial score (nSPS) is 20.0. The molecule has 0 radical (unpaired) electrons. The number of pyridine rings is 1. The Balaban J connectivity index is 1.66. The Morgan fingerprint density at radius 1 is 1.33 bits per heavy atom. The van der Waals surface area contributed by atoms with Crippen LogP contribution in [0, 0.1) is 11.6 Å². The summed E-state index contributed by atoms with van der Waals surface area (Å²) < 4.78 is 39.1. The van der Waals surface area contributed by atoms with Gasteiger partial charge in [-0.3, -0.25) is 14.4 Å². The molecule has 2 atom stereocenters. The lowest BCUT2D eigenvalue weighted by molar-refractivity contribution is 0.00621. The van der Waals surface area contributed by atoms with Gasteiger partial charge < -0.3 is 24.3 Å². The lowest BCUT2D eigenvalue weighted by Gasteiger charge is -2.34. The van der Waals surface area contributed by atoms with Gasteiger partial charge in [0, 0.05) is 24.4 Å². The number of carbonyl (C=O) groups excluding carboxylic acids is 2. The number of fused-ring (bicyclic) bond motifs is 2. The number of hydrogen-bond acceptors (Lipinski definition) is 5. The van der Waals surface area contributed by atoms with Gasteiger partial charge in [-0.2, -0.15) is 0 Å². The molecule has 30 heavy (non-hydrogen) atoms. The van der Waals surface area contributed by atoms with E-state index >= 15 is 0 Å². The van der Waals surface area contributed by atoms with Crippen LogP contribution in [0.2, 0.25) is 0 Å². The number of benzene rings is 1. The summed E-state index contributed by atoms with van der Waals surface area (Å²) in [6, 6.07) is 2.83. The molecule has 4 rings (SSSR count). The van der Waals surface area contributed by atoms with E-state index in [1.54, 1.807) is 4.90 Å². The van der Waals surface area contributed by atoms with Crippen molar-refractivity contribution in [3.05, 3.63) is 63.1 Å². The van der Waals surface area contributed by atoms with E-state index in [9.17, 15) is 23.2 Å². The lowest BCUT2D eigenvalue weighted by Crippen LogP contribution is -2.49. The largest absolute Gasteiger partial charge is 0.491 e. The molecule has 1 N–H and O–H groups in total. The molecule has 3 heterocycles. The molecule has 1 fully saturated rings. The van der Waals surface area contributed by atoms with Gasteiger partial charge in [0.05, 0.1) is 26.3 Å². The van der Waals surface area contributed by atoms with Crippen LogP contribution in [0.5, 0.6) is 5.75 Å². The number of nitrogens with one attached hydrogen (secondary N) is 1. The van der Waals surface area contributed by atoms with Crippen LogP contribution in [0.15, 0.2) is 29.2 Å². The monoisotopic (exact) mass is 419 g/mol. The third-order valence-electron chi connectivity index (χ3n) is 5.25. The Morgan fingerprint density at radius 3 is 2.80 bits per heavy atom. The molecule has 1 unspecified atom stereocenters. The van der Waals surface area contributed by atoms with E-state index < -0.39 is 35.1 Å². The Morgan fingerprint density at radius 2 is 2.10 bits per heavy atom. The van der Waals surface area contributed by atoms with Gasteiger partial charge in [0.2, 0.25) is 5.43 Å². The fraction of sp³-hybridized carbons (Fsp3) is 0.350. The Labute approximate surface area is 170 Å². The number of nitrogens with zero attached hydrogens (tertiary/aromatic N) is 2. The van der Waals surface area contributed by atoms with E-state index in [1.165, 1.54) is 23.9 Å². The van der Waals surface area contributed by atoms with Crippen LogP contribution in [0.3, 0.4) is 0 Å². The van der Waals surface area contributed by atoms with Gasteiger partial charge in [-0.05, 0) is 13.0 Å². The summed E-state index contributed by atoms with van der Waals surface area (Å²) in [5, 5.41) is 2.44. The van der Waals surface area contributed by atoms with E-state index in [2.05, 4.69) is 5.32 Å². The summed E-state index contributed by atoms with van der Waals surface area (Å²) in [5.41, 5.74) is -0.892. The second-order valence-corrected chi connectivity index (χ2v) is 7.17. The minimum Gasteiger partial charge on any atom is -0.491 e. The quantitative estimate of drug-likeness (QED) is 0.806. The van der Waals surface area contributed by atoms with Crippen molar-refractivity contribution < 1.29 is 27.8 Å². The SMILES string of the molecule is COc1c2n(cc(C(=O)NCc3ccc(F)cc3F)c1=O)C[C@H]1OCC(C)N1C2=O. The van der Waals surface area contributed by atoms with E-state index in [0.717, 1.165) is 6.07 Å². The molecule has 2 aromatic rings. The molecule has 1 aromatic heterocycles. The first-order chi connectivity index (χ1) is 14.3. The topological polar surface area (TPSA) is 89.9 Å². The lowest BCUT2D eigenvalue weighted by atomic mass is 10.1. The molecular formula is C20H19F2N3O5. The van der Waals surface area contributed by atoms with E-state index in [-0.39, 0.29) is 41.7 Å². The maximum atomic E-state index is 13.8. The van der Waals surface area contributed by atoms with Crippen molar-refractivity contribution in [2.45, 2.75) is 32.3 Å². The van der Waals surface area contributed by atoms with Crippen LogP contribution in [0.25, 0.3) is 0 Å². The molecule has 8 nitrogen and oxygen atoms in total. The number of rotatable bonds is 4. The molecule has 0 aliphatic carbocycles. The van der Waals surface area contributed by atoms with Crippen molar-refractivity contribution in [1.29, 1.82) is 0 Å². The molecule has 2 aliphatic heterocycles. The molecule has 0 saturated carbocycles. The van der Waals surface area contributed by atoms with Crippen molar-refractivity contribution in [3.8, 4) is 5.75 Å². The summed E-state index contributed by atoms with van der Waals surface area (Å²) >= 11 is 0. The number of carbonyl (C=O) groups is 2. The fourth-order valence-corrected chi connectivity index (χ4v) is 3.75. The maximum Gasteiger partial charge on any atom is 0.276 e. The zero-order chi connectivity index (χ0) is 21.6. The molecule has 10 heteroatoms. The smallest absolute Gasteiger partial charge is 0.276 e. The third-order valence-corrected chi connectivity index (χ3v) is 5.25. The van der Waals surface area contributed by atoms with Gasteiger partial charge in [0.25, 0.3) is 11.8 Å². The van der Waals surface area contributed by atoms with E-state index in [0.29, 0.717) is 12.7 Å². The van der Waals surface area contributed by atoms with Crippen LogP contribution in [0.1, 0.15) is 33.3 Å². The fourth-order valence-electron chi connectivity index (χ4n) is 3.75. The average molecular weight is 419 g/mol. The van der Waals surface area contributed by atoms with Gasteiger partial charge in [-0.1, -0.05) is 6.07 Å². The van der Waals surface area contributed by atoms with Crippen LogP contribution in [0.4, 0.5) is 8.78 Å². The van der Waals surface area contributed by atoms with E-state index in [1.807, 2.05) is 6.92 Å². The summed E-state index contributed by atoms with van der Waals surface area (Å²) in [6.07, 6.45) is 0.773. The predicted octanol–water partition coefficient (Wildman–Crippen LogP) is 1.27. The molecule has 2 amide bonds. The number of ether oxygens (including phenoxy) is 2. The van der Waals surface area contributed by atoms with Crippen molar-refractivity contribution in [2.24, 2.45) is 0 Å². The Hall–Kier alpha value is -3.27. The molecule has 1 aromatic carbocycles.